The molecule has 3 aromatic rings. The van der Waals surface area contributed by atoms with E-state index in [0.717, 1.165) is 24.0 Å². The smallest absolute Gasteiger partial charge is 0.255 e. The molecule has 38 heavy (non-hydrogen) atoms. The number of rotatable bonds is 14. The van der Waals surface area contributed by atoms with Crippen LogP contribution in [0.25, 0.3) is 22.4 Å². The number of hydrogen-bond acceptors (Lipinski definition) is 7. The molecule has 12 heteroatoms. The number of amides is 1. The number of hydrogen-bond donors (Lipinski definition) is 2. The van der Waals surface area contributed by atoms with E-state index in [9.17, 15) is 17.8 Å². The largest absolute Gasteiger partial charge is 0.437 e. The molecule has 0 radical (unpaired) electrons. The Hall–Kier alpha value is -1.79. The number of nitrogens with one attached hydrogen (secondary N) is 2. The van der Waals surface area contributed by atoms with Gasteiger partial charge in [-0.05, 0) is 60.4 Å². The predicted octanol–water partition coefficient (Wildman–Crippen LogP) is 5.56. The van der Waals surface area contributed by atoms with Gasteiger partial charge in [0.25, 0.3) is 5.91 Å². The Kier molecular flexibility index (Phi) is 10.9. The number of pyridine rings is 1. The molecule has 0 aliphatic heterocycles. The fourth-order valence-electron chi connectivity index (χ4n) is 4.08. The van der Waals surface area contributed by atoms with Gasteiger partial charge in [0.1, 0.15) is 11.5 Å². The minimum atomic E-state index is -3.65. The summed E-state index contributed by atoms with van der Waals surface area (Å²) >= 11 is 2.04. The van der Waals surface area contributed by atoms with Crippen LogP contribution in [0.2, 0.25) is 0 Å². The molecule has 1 amide bonds. The zero-order valence-electron chi connectivity index (χ0n) is 22.2. The Bertz CT molecular complexity index is 1420. The van der Waals surface area contributed by atoms with Crippen molar-refractivity contribution >= 4 is 57.0 Å². The van der Waals surface area contributed by atoms with Gasteiger partial charge in [0.2, 0.25) is 15.7 Å². The summed E-state index contributed by atoms with van der Waals surface area (Å²) in [5, 5.41) is 3.18. The third-order valence-electron chi connectivity index (χ3n) is 6.08. The molecule has 2 heterocycles. The fourth-order valence-corrected chi connectivity index (χ4v) is 7.57. The first-order chi connectivity index (χ1) is 18.0. The van der Waals surface area contributed by atoms with E-state index >= 15 is 0 Å². The van der Waals surface area contributed by atoms with Crippen LogP contribution in [0.5, 0.6) is 0 Å². The van der Waals surface area contributed by atoms with Crippen LogP contribution in [-0.2, 0) is 31.3 Å². The Morgan fingerprint density at radius 2 is 1.87 bits per heavy atom. The van der Waals surface area contributed by atoms with Gasteiger partial charge in [0.05, 0.1) is 23.3 Å². The quantitative estimate of drug-likeness (QED) is 0.130. The van der Waals surface area contributed by atoms with Gasteiger partial charge in [-0.15, -0.1) is 0 Å². The van der Waals surface area contributed by atoms with Gasteiger partial charge in [-0.3, -0.25) is 9.36 Å². The average molecular weight is 676 g/mol. The van der Waals surface area contributed by atoms with E-state index in [1.54, 1.807) is 19.8 Å². The second-order valence-electron chi connectivity index (χ2n) is 9.07. The van der Waals surface area contributed by atoms with E-state index in [-0.39, 0.29) is 23.9 Å². The zero-order valence-corrected chi connectivity index (χ0v) is 26.0. The maximum Gasteiger partial charge on any atom is 0.255 e. The minimum absolute atomic E-state index is 0.210. The number of fused-ring (bicyclic) bond motifs is 1. The maximum absolute atomic E-state index is 12.8. The Balaban J connectivity index is 1.75. The third kappa shape index (κ3) is 8.11. The van der Waals surface area contributed by atoms with Crippen molar-refractivity contribution in [1.29, 1.82) is 0 Å². The number of benzene rings is 1. The molecule has 3 rings (SSSR count). The van der Waals surface area contributed by atoms with Crippen molar-refractivity contribution in [2.24, 2.45) is 0 Å². The number of furan rings is 1. The van der Waals surface area contributed by atoms with Crippen molar-refractivity contribution in [3.05, 3.63) is 50.7 Å². The molecular weight excluding hydrogens is 640 g/mol. The van der Waals surface area contributed by atoms with Gasteiger partial charge in [0, 0.05) is 35.6 Å². The van der Waals surface area contributed by atoms with Gasteiger partial charge in [-0.2, -0.15) is 0 Å². The van der Waals surface area contributed by atoms with Crippen LogP contribution in [0.3, 0.4) is 0 Å². The standard InChI is InChI=1S/C26H35IN3O6PS/c1-5-18-10-12-19(13-11-18)24-23(25(31)28-3)20-16-21(27)22(30-26(20)36-24)17-38(33,34)29-14-8-7-9-15-37(4,32)35-6-2/h10-13,16,29H,5-9,14-15,17H2,1-4H3,(H,28,31). The highest BCUT2D eigenvalue weighted by Crippen LogP contribution is 2.43. The second kappa shape index (κ2) is 13.5. The molecule has 0 aliphatic carbocycles. The molecule has 0 aliphatic rings. The van der Waals surface area contributed by atoms with Gasteiger partial charge < -0.3 is 14.3 Å². The first kappa shape index (κ1) is 30.7. The molecular formula is C26H35IN3O6PS. The Morgan fingerprint density at radius 1 is 1.16 bits per heavy atom. The van der Waals surface area contributed by atoms with Crippen LogP contribution in [0.4, 0.5) is 0 Å². The molecule has 0 fully saturated rings. The Labute approximate surface area is 238 Å². The van der Waals surface area contributed by atoms with E-state index in [2.05, 4.69) is 21.9 Å². The van der Waals surface area contributed by atoms with Crippen LogP contribution in [0.15, 0.2) is 34.7 Å². The molecule has 0 saturated carbocycles. The van der Waals surface area contributed by atoms with Crippen molar-refractivity contribution in [2.75, 3.05) is 33.0 Å². The van der Waals surface area contributed by atoms with Gasteiger partial charge >= 0.3 is 0 Å². The topological polar surface area (TPSA) is 128 Å². The van der Waals surface area contributed by atoms with E-state index < -0.39 is 17.4 Å². The Morgan fingerprint density at radius 3 is 2.50 bits per heavy atom. The molecule has 0 saturated heterocycles. The van der Waals surface area contributed by atoms with Gasteiger partial charge in [-0.25, -0.2) is 18.1 Å². The lowest BCUT2D eigenvalue weighted by Crippen LogP contribution is -2.27. The molecule has 1 atom stereocenters. The minimum Gasteiger partial charge on any atom is -0.437 e. The first-order valence-electron chi connectivity index (χ1n) is 12.6. The number of unbranched alkanes of at least 4 members (excludes halogenated alkanes) is 2. The van der Waals surface area contributed by atoms with Crippen LogP contribution in [0, 0.1) is 3.57 Å². The number of nitrogens with zero attached hydrogens (tertiary/aromatic N) is 1. The summed E-state index contributed by atoms with van der Waals surface area (Å²) in [6.07, 6.45) is 3.46. The number of carbonyl (C=O) groups is 1. The lowest BCUT2D eigenvalue weighted by Gasteiger charge is -2.12. The molecule has 2 N–H and O–H groups in total. The van der Waals surface area contributed by atoms with Crippen molar-refractivity contribution in [1.82, 2.24) is 15.0 Å². The number of sulfonamides is 1. The molecule has 0 spiro atoms. The lowest BCUT2D eigenvalue weighted by atomic mass is 10.0. The highest BCUT2D eigenvalue weighted by atomic mass is 127. The summed E-state index contributed by atoms with van der Waals surface area (Å²) in [7, 11) is -4.66. The van der Waals surface area contributed by atoms with E-state index in [0.29, 0.717) is 51.6 Å². The van der Waals surface area contributed by atoms with E-state index in [1.165, 1.54) is 0 Å². The molecule has 2 aromatic heterocycles. The summed E-state index contributed by atoms with van der Waals surface area (Å²) in [5.41, 5.74) is 2.83. The summed E-state index contributed by atoms with van der Waals surface area (Å²) < 4.78 is 52.2. The summed E-state index contributed by atoms with van der Waals surface area (Å²) in [4.78, 5) is 17.3. The molecule has 1 aromatic carbocycles. The summed E-state index contributed by atoms with van der Waals surface area (Å²) in [5.74, 6) is -0.227. The van der Waals surface area contributed by atoms with Gasteiger partial charge in [0.15, 0.2) is 7.37 Å². The van der Waals surface area contributed by atoms with Crippen molar-refractivity contribution < 1.29 is 26.7 Å². The molecule has 208 valence electrons. The van der Waals surface area contributed by atoms with Crippen LogP contribution in [-0.4, -0.2) is 52.3 Å². The number of aromatic nitrogens is 1. The van der Waals surface area contributed by atoms with Gasteiger partial charge in [-0.1, -0.05) is 37.6 Å². The number of aryl methyl sites for hydroxylation is 1. The number of carbonyl (C=O) groups excluding carboxylic acids is 1. The van der Waals surface area contributed by atoms with Crippen LogP contribution < -0.4 is 10.0 Å². The highest BCUT2D eigenvalue weighted by molar-refractivity contribution is 14.1. The van der Waals surface area contributed by atoms with Crippen molar-refractivity contribution in [3.63, 3.8) is 0 Å². The maximum atomic E-state index is 12.8. The monoisotopic (exact) mass is 675 g/mol. The average Bonchev–Trinajstić information content (AvgIpc) is 3.23. The van der Waals surface area contributed by atoms with Crippen molar-refractivity contribution in [3.8, 4) is 11.3 Å². The normalized spacial score (nSPS) is 13.5. The van der Waals surface area contributed by atoms with Crippen molar-refractivity contribution in [2.45, 2.75) is 45.3 Å². The summed E-state index contributed by atoms with van der Waals surface area (Å²) in [6, 6.07) is 9.51. The highest BCUT2D eigenvalue weighted by Gasteiger charge is 2.25. The van der Waals surface area contributed by atoms with Crippen LogP contribution >= 0.6 is 30.0 Å². The number of halogens is 1. The molecule has 9 nitrogen and oxygen atoms in total. The third-order valence-corrected chi connectivity index (χ3v) is 10.2. The fraction of sp³-hybridized carbons (Fsp3) is 0.462. The SMILES string of the molecule is CCOP(C)(=O)CCCCCNS(=O)(=O)Cc1nc2oc(-c3ccc(CC)cc3)c(C(=O)NC)c2cc1I. The second-order valence-corrected chi connectivity index (χ2v) is 14.8. The van der Waals surface area contributed by atoms with Crippen LogP contribution in [0.1, 0.15) is 54.7 Å². The molecule has 0 bridgehead atoms. The lowest BCUT2D eigenvalue weighted by molar-refractivity contribution is 0.0964. The zero-order chi connectivity index (χ0) is 27.9. The van der Waals surface area contributed by atoms with E-state index in [1.807, 2.05) is 53.8 Å². The first-order valence-corrected chi connectivity index (χ1v) is 17.6. The molecule has 1 unspecified atom stereocenters. The predicted molar refractivity (Wildman–Crippen MR) is 159 cm³/mol. The van der Waals surface area contributed by atoms with E-state index in [4.69, 9.17) is 8.94 Å². The summed E-state index contributed by atoms with van der Waals surface area (Å²) in [6.45, 7) is 6.21.